The van der Waals surface area contributed by atoms with Crippen LogP contribution in [0.3, 0.4) is 0 Å². The highest BCUT2D eigenvalue weighted by atomic mass is 16.2. The van der Waals surface area contributed by atoms with Gasteiger partial charge in [0, 0.05) is 37.3 Å². The van der Waals surface area contributed by atoms with Gasteiger partial charge in [-0.15, -0.1) is 0 Å². The van der Waals surface area contributed by atoms with Crippen LogP contribution in [-0.2, 0) is 11.8 Å². The van der Waals surface area contributed by atoms with E-state index in [0.717, 1.165) is 49.1 Å². The Balaban J connectivity index is 1.75. The molecule has 140 valence electrons. The van der Waals surface area contributed by atoms with E-state index in [9.17, 15) is 9.59 Å². The van der Waals surface area contributed by atoms with Gasteiger partial charge in [-0.3, -0.25) is 9.48 Å². The van der Waals surface area contributed by atoms with Gasteiger partial charge < -0.3 is 16.0 Å². The first-order valence-corrected chi connectivity index (χ1v) is 9.26. The van der Waals surface area contributed by atoms with Crippen molar-refractivity contribution in [3.05, 3.63) is 17.0 Å². The normalized spacial score (nSPS) is 15.8. The average Bonchev–Trinajstić information content (AvgIpc) is 3.19. The second kappa shape index (κ2) is 8.87. The topological polar surface area (TPSA) is 88.1 Å². The van der Waals surface area contributed by atoms with Crippen LogP contribution in [-0.4, -0.2) is 34.8 Å². The third-order valence-electron chi connectivity index (χ3n) is 5.06. The maximum absolute atomic E-state index is 12.2. The van der Waals surface area contributed by atoms with Crippen molar-refractivity contribution >= 4 is 11.9 Å². The van der Waals surface area contributed by atoms with Gasteiger partial charge in [0.15, 0.2) is 0 Å². The van der Waals surface area contributed by atoms with Crippen molar-refractivity contribution < 1.29 is 9.59 Å². The van der Waals surface area contributed by atoms with Crippen LogP contribution in [0.4, 0.5) is 4.79 Å². The summed E-state index contributed by atoms with van der Waals surface area (Å²) >= 11 is 0. The van der Waals surface area contributed by atoms with Gasteiger partial charge in [-0.25, -0.2) is 4.79 Å². The fraction of sp³-hybridized carbons (Fsp3) is 0.722. The molecule has 0 spiro atoms. The zero-order chi connectivity index (χ0) is 18.4. The minimum Gasteiger partial charge on any atom is -0.354 e. The van der Waals surface area contributed by atoms with Crippen molar-refractivity contribution in [1.29, 1.82) is 0 Å². The van der Waals surface area contributed by atoms with Gasteiger partial charge in [-0.2, -0.15) is 5.10 Å². The first-order valence-electron chi connectivity index (χ1n) is 9.26. The van der Waals surface area contributed by atoms with E-state index in [1.165, 1.54) is 0 Å². The SMILES string of the molecule is CCC(NC(=O)NCCNC(=O)C1CCCC1)c1c(C)nn(C)c1C. The summed E-state index contributed by atoms with van der Waals surface area (Å²) in [5, 5.41) is 13.1. The maximum Gasteiger partial charge on any atom is 0.315 e. The molecule has 1 aliphatic rings. The average molecular weight is 349 g/mol. The van der Waals surface area contributed by atoms with E-state index in [2.05, 4.69) is 21.0 Å². The number of carbonyl (C=O) groups is 2. The summed E-state index contributed by atoms with van der Waals surface area (Å²) in [5.41, 5.74) is 3.08. The van der Waals surface area contributed by atoms with Gasteiger partial charge in [0.25, 0.3) is 0 Å². The van der Waals surface area contributed by atoms with Crippen LogP contribution in [0.1, 0.15) is 62.0 Å². The third-order valence-corrected chi connectivity index (χ3v) is 5.06. The van der Waals surface area contributed by atoms with Gasteiger partial charge in [0.1, 0.15) is 0 Å². The monoisotopic (exact) mass is 349 g/mol. The van der Waals surface area contributed by atoms with E-state index in [1.54, 1.807) is 0 Å². The number of nitrogens with zero attached hydrogens (tertiary/aromatic N) is 2. The predicted octanol–water partition coefficient (Wildman–Crippen LogP) is 2.09. The van der Waals surface area contributed by atoms with Crippen molar-refractivity contribution in [1.82, 2.24) is 25.7 Å². The van der Waals surface area contributed by atoms with E-state index in [4.69, 9.17) is 0 Å². The molecule has 1 aromatic heterocycles. The Morgan fingerprint density at radius 2 is 1.84 bits per heavy atom. The number of rotatable bonds is 7. The Hall–Kier alpha value is -2.05. The van der Waals surface area contributed by atoms with E-state index >= 15 is 0 Å². The lowest BCUT2D eigenvalue weighted by Crippen LogP contribution is -2.42. The molecule has 3 N–H and O–H groups in total. The summed E-state index contributed by atoms with van der Waals surface area (Å²) < 4.78 is 1.84. The molecule has 1 aliphatic carbocycles. The third kappa shape index (κ3) is 4.96. The molecule has 1 heterocycles. The first kappa shape index (κ1) is 19.3. The van der Waals surface area contributed by atoms with Crippen molar-refractivity contribution in [2.75, 3.05) is 13.1 Å². The van der Waals surface area contributed by atoms with Crippen LogP contribution in [0.25, 0.3) is 0 Å². The number of urea groups is 1. The van der Waals surface area contributed by atoms with Crippen LogP contribution < -0.4 is 16.0 Å². The molecule has 0 aromatic carbocycles. The zero-order valence-corrected chi connectivity index (χ0v) is 15.8. The van der Waals surface area contributed by atoms with Gasteiger partial charge in [-0.05, 0) is 33.1 Å². The lowest BCUT2D eigenvalue weighted by Gasteiger charge is -2.18. The Morgan fingerprint density at radius 1 is 1.20 bits per heavy atom. The molecule has 3 amide bonds. The van der Waals surface area contributed by atoms with Crippen LogP contribution in [0.15, 0.2) is 0 Å². The Morgan fingerprint density at radius 3 is 2.40 bits per heavy atom. The molecule has 7 nitrogen and oxygen atoms in total. The van der Waals surface area contributed by atoms with Crippen molar-refractivity contribution in [2.45, 2.75) is 58.9 Å². The minimum atomic E-state index is -0.218. The fourth-order valence-electron chi connectivity index (χ4n) is 3.58. The summed E-state index contributed by atoms with van der Waals surface area (Å²) in [6.45, 7) is 6.90. The molecule has 1 unspecified atom stereocenters. The standard InChI is InChI=1S/C18H31N5O2/c1-5-15(16-12(2)22-23(4)13(16)3)21-18(25)20-11-10-19-17(24)14-8-6-7-9-14/h14-15H,5-11H2,1-4H3,(H,19,24)(H2,20,21,25). The molecule has 7 heteroatoms. The number of aromatic nitrogens is 2. The van der Waals surface area contributed by atoms with Gasteiger partial charge in [-0.1, -0.05) is 19.8 Å². The highest BCUT2D eigenvalue weighted by molar-refractivity contribution is 5.79. The highest BCUT2D eigenvalue weighted by Crippen LogP contribution is 2.24. The smallest absolute Gasteiger partial charge is 0.315 e. The number of hydrogen-bond donors (Lipinski definition) is 3. The molecule has 0 aliphatic heterocycles. The second-order valence-corrected chi connectivity index (χ2v) is 6.84. The summed E-state index contributed by atoms with van der Waals surface area (Å²) in [5.74, 6) is 0.280. The minimum absolute atomic E-state index is 0.0678. The molecule has 25 heavy (non-hydrogen) atoms. The van der Waals surface area contributed by atoms with Gasteiger partial charge in [0.05, 0.1) is 11.7 Å². The molecule has 1 aromatic rings. The molecule has 2 rings (SSSR count). The van der Waals surface area contributed by atoms with E-state index in [1.807, 2.05) is 32.5 Å². The highest BCUT2D eigenvalue weighted by Gasteiger charge is 2.22. The quantitative estimate of drug-likeness (QED) is 0.659. The molecule has 1 fully saturated rings. The lowest BCUT2D eigenvalue weighted by atomic mass is 10.0. The first-order chi connectivity index (χ1) is 11.9. The number of aryl methyl sites for hydroxylation is 2. The van der Waals surface area contributed by atoms with Crippen molar-refractivity contribution in [3.63, 3.8) is 0 Å². The lowest BCUT2D eigenvalue weighted by molar-refractivity contribution is -0.124. The summed E-state index contributed by atoms with van der Waals surface area (Å²) in [6.07, 6.45) is 5.05. The number of amides is 3. The Bertz CT molecular complexity index is 605. The number of hydrogen-bond acceptors (Lipinski definition) is 3. The largest absolute Gasteiger partial charge is 0.354 e. The summed E-state index contributed by atoms with van der Waals surface area (Å²) in [7, 11) is 1.91. The molecule has 0 saturated heterocycles. The zero-order valence-electron chi connectivity index (χ0n) is 15.8. The number of nitrogens with one attached hydrogen (secondary N) is 3. The predicted molar refractivity (Wildman–Crippen MR) is 97.2 cm³/mol. The van der Waals surface area contributed by atoms with E-state index in [0.29, 0.717) is 13.1 Å². The molecular weight excluding hydrogens is 318 g/mol. The molecule has 0 bridgehead atoms. The van der Waals surface area contributed by atoms with E-state index in [-0.39, 0.29) is 23.9 Å². The van der Waals surface area contributed by atoms with Crippen LogP contribution >= 0.6 is 0 Å². The van der Waals surface area contributed by atoms with E-state index < -0.39 is 0 Å². The van der Waals surface area contributed by atoms with Crippen LogP contribution in [0, 0.1) is 19.8 Å². The Kier molecular flexibility index (Phi) is 6.84. The van der Waals surface area contributed by atoms with Gasteiger partial charge in [0.2, 0.25) is 5.91 Å². The molecule has 1 atom stereocenters. The Labute approximate surface area is 149 Å². The molecular formula is C18H31N5O2. The fourth-order valence-corrected chi connectivity index (χ4v) is 3.58. The van der Waals surface area contributed by atoms with Crippen LogP contribution in [0.5, 0.6) is 0 Å². The second-order valence-electron chi connectivity index (χ2n) is 6.84. The molecule has 0 radical (unpaired) electrons. The molecule has 1 saturated carbocycles. The van der Waals surface area contributed by atoms with Crippen LogP contribution in [0.2, 0.25) is 0 Å². The van der Waals surface area contributed by atoms with Gasteiger partial charge >= 0.3 is 6.03 Å². The maximum atomic E-state index is 12.2. The summed E-state index contributed by atoms with van der Waals surface area (Å²) in [6, 6.07) is -0.286. The van der Waals surface area contributed by atoms with Crippen molar-refractivity contribution in [3.8, 4) is 0 Å². The van der Waals surface area contributed by atoms with Crippen molar-refractivity contribution in [2.24, 2.45) is 13.0 Å². The summed E-state index contributed by atoms with van der Waals surface area (Å²) in [4.78, 5) is 24.1. The number of carbonyl (C=O) groups excluding carboxylic acids is 2.